The van der Waals surface area contributed by atoms with Crippen molar-refractivity contribution in [3.05, 3.63) is 82.5 Å². The molecule has 0 N–H and O–H groups in total. The van der Waals surface area contributed by atoms with Gasteiger partial charge < -0.3 is 4.52 Å². The van der Waals surface area contributed by atoms with Gasteiger partial charge in [-0.1, -0.05) is 53.7 Å². The van der Waals surface area contributed by atoms with E-state index in [0.717, 1.165) is 33.7 Å². The van der Waals surface area contributed by atoms with Crippen molar-refractivity contribution < 1.29 is 9.32 Å². The number of aromatic nitrogens is 1. The summed E-state index contributed by atoms with van der Waals surface area (Å²) in [6.07, 6.45) is 0.249. The Kier molecular flexibility index (Phi) is 4.17. The first kappa shape index (κ1) is 16.9. The summed E-state index contributed by atoms with van der Waals surface area (Å²) in [5, 5.41) is 4.13. The van der Waals surface area contributed by atoms with Crippen molar-refractivity contribution in [2.45, 2.75) is 26.3 Å². The van der Waals surface area contributed by atoms with Crippen molar-refractivity contribution in [3.8, 4) is 11.1 Å². The lowest BCUT2D eigenvalue weighted by molar-refractivity contribution is -0.117. The fourth-order valence-electron chi connectivity index (χ4n) is 3.47. The predicted octanol–water partition coefficient (Wildman–Crippen LogP) is 5.07. The van der Waals surface area contributed by atoms with E-state index in [2.05, 4.69) is 10.0 Å². The van der Waals surface area contributed by atoms with Crippen molar-refractivity contribution >= 4 is 17.2 Å². The molecule has 2 heterocycles. The minimum Gasteiger partial charge on any atom is -0.358 e. The Morgan fingerprint density at radius 1 is 1.15 bits per heavy atom. The third-order valence-corrected chi connectivity index (χ3v) is 4.68. The largest absolute Gasteiger partial charge is 0.358 e. The highest BCUT2D eigenvalue weighted by atomic mass is 16.5. The van der Waals surface area contributed by atoms with Gasteiger partial charge >= 0.3 is 0 Å². The van der Waals surface area contributed by atoms with E-state index >= 15 is 0 Å². The number of Topliss-reactive ketones (excluding diaryl/α,β-unsaturated/α-hetero) is 1. The van der Waals surface area contributed by atoms with Crippen LogP contribution in [0.5, 0.6) is 0 Å². The molecule has 5 heteroatoms. The monoisotopic (exact) mass is 355 g/mol. The first-order valence-corrected chi connectivity index (χ1v) is 8.69. The molecule has 0 saturated carbocycles. The van der Waals surface area contributed by atoms with Crippen LogP contribution < -0.4 is 0 Å². The van der Waals surface area contributed by atoms with Crippen molar-refractivity contribution in [1.29, 1.82) is 0 Å². The number of carbonyl (C=O) groups is 1. The lowest BCUT2D eigenvalue weighted by Gasteiger charge is -2.11. The molecule has 0 saturated heterocycles. The Bertz CT molecular complexity index is 1100. The van der Waals surface area contributed by atoms with Crippen LogP contribution in [0.2, 0.25) is 0 Å². The molecular weight excluding hydrogens is 338 g/mol. The van der Waals surface area contributed by atoms with Gasteiger partial charge in [0, 0.05) is 12.0 Å². The topological polar surface area (TPSA) is 59.8 Å². The first-order valence-electron chi connectivity index (χ1n) is 8.69. The van der Waals surface area contributed by atoms with Crippen LogP contribution in [-0.4, -0.2) is 16.7 Å². The van der Waals surface area contributed by atoms with Gasteiger partial charge in [-0.3, -0.25) is 9.79 Å². The number of benzene rings is 2. The molecule has 1 aromatic heterocycles. The lowest BCUT2D eigenvalue weighted by Crippen LogP contribution is -2.07. The average Bonchev–Trinajstić information content (AvgIpc) is 3.00. The first-order chi connectivity index (χ1) is 13.1. The maximum atomic E-state index is 11.9. The molecule has 2 aromatic carbocycles. The van der Waals surface area contributed by atoms with Crippen molar-refractivity contribution in [3.63, 3.8) is 0 Å². The van der Waals surface area contributed by atoms with E-state index in [1.54, 1.807) is 19.1 Å². The van der Waals surface area contributed by atoms with E-state index in [-0.39, 0.29) is 12.2 Å². The fourth-order valence-corrected chi connectivity index (χ4v) is 3.47. The Hall–Kier alpha value is -3.52. The number of rotatable bonds is 3. The van der Waals surface area contributed by atoms with Gasteiger partial charge in [-0.25, -0.2) is 4.85 Å². The van der Waals surface area contributed by atoms with Gasteiger partial charge in [0.15, 0.2) is 11.4 Å². The minimum atomic E-state index is -0.429. The van der Waals surface area contributed by atoms with Crippen LogP contribution in [0.4, 0.5) is 5.69 Å². The van der Waals surface area contributed by atoms with E-state index in [0.29, 0.717) is 11.4 Å². The maximum absolute atomic E-state index is 11.9. The van der Waals surface area contributed by atoms with E-state index in [4.69, 9.17) is 16.1 Å². The third kappa shape index (κ3) is 2.96. The Morgan fingerprint density at radius 3 is 2.52 bits per heavy atom. The van der Waals surface area contributed by atoms with E-state index in [9.17, 15) is 4.79 Å². The highest BCUT2D eigenvalue weighted by molar-refractivity contribution is 6.17. The number of nitrogens with zero attached hydrogens (tertiary/aromatic N) is 3. The van der Waals surface area contributed by atoms with Crippen LogP contribution in [0, 0.1) is 13.5 Å². The van der Waals surface area contributed by atoms with Gasteiger partial charge in [0.05, 0.1) is 23.5 Å². The smallest absolute Gasteiger partial charge is 0.187 e. The normalized spacial score (nSPS) is 15.1. The van der Waals surface area contributed by atoms with E-state index in [1.165, 1.54) is 0 Å². The molecular formula is C22H17N3O2. The number of carbonyl (C=O) groups excluding carboxylic acids is 1. The number of aryl methyl sites for hydroxylation is 1. The second kappa shape index (κ2) is 6.65. The van der Waals surface area contributed by atoms with Crippen LogP contribution >= 0.6 is 0 Å². The van der Waals surface area contributed by atoms with Crippen molar-refractivity contribution in [2.24, 2.45) is 4.99 Å². The van der Waals surface area contributed by atoms with Gasteiger partial charge in [0.2, 0.25) is 0 Å². The van der Waals surface area contributed by atoms with Crippen LogP contribution in [0.25, 0.3) is 16.0 Å². The number of ketones is 1. The Labute approximate surface area is 157 Å². The summed E-state index contributed by atoms with van der Waals surface area (Å²) < 4.78 is 5.61. The zero-order valence-electron chi connectivity index (χ0n) is 15.1. The summed E-state index contributed by atoms with van der Waals surface area (Å²) in [5.74, 6) is 0.667. The summed E-state index contributed by atoms with van der Waals surface area (Å²) in [4.78, 5) is 20.2. The standard InChI is InChI=1S/C22H17N3O2/c1-13(26)12-19-22-20(14(2)25-27-22)17-6-4-5-7-18(17)21(24-19)15-8-10-16(23-3)11-9-15/h4-11,19H,12H2,1-2H3. The zero-order valence-corrected chi connectivity index (χ0v) is 15.1. The molecule has 0 radical (unpaired) electrons. The number of fused-ring (bicyclic) bond motifs is 3. The van der Waals surface area contributed by atoms with Crippen LogP contribution in [-0.2, 0) is 4.79 Å². The zero-order chi connectivity index (χ0) is 19.0. The molecule has 5 nitrogen and oxygen atoms in total. The number of hydrogen-bond acceptors (Lipinski definition) is 4. The second-order valence-corrected chi connectivity index (χ2v) is 6.61. The summed E-state index contributed by atoms with van der Waals surface area (Å²) in [6, 6.07) is 14.9. The molecule has 0 fully saturated rings. The van der Waals surface area contributed by atoms with Gasteiger partial charge in [0.25, 0.3) is 0 Å². The van der Waals surface area contributed by atoms with Gasteiger partial charge in [-0.2, -0.15) is 0 Å². The number of hydrogen-bond donors (Lipinski definition) is 0. The molecule has 1 aliphatic rings. The quantitative estimate of drug-likeness (QED) is 0.616. The van der Waals surface area contributed by atoms with Crippen molar-refractivity contribution in [1.82, 2.24) is 5.16 Å². The summed E-state index contributed by atoms with van der Waals surface area (Å²) in [7, 11) is 0. The molecule has 1 aliphatic heterocycles. The number of aliphatic imine (C=N–C) groups is 1. The molecule has 0 bridgehead atoms. The van der Waals surface area contributed by atoms with Crippen LogP contribution in [0.15, 0.2) is 58.0 Å². The molecule has 4 rings (SSSR count). The van der Waals surface area contributed by atoms with Gasteiger partial charge in [-0.05, 0) is 25.0 Å². The average molecular weight is 355 g/mol. The van der Waals surface area contributed by atoms with E-state index in [1.807, 2.05) is 43.3 Å². The molecule has 0 spiro atoms. The summed E-state index contributed by atoms with van der Waals surface area (Å²) in [5.41, 5.74) is 5.92. The fraction of sp³-hybridized carbons (Fsp3) is 0.182. The van der Waals surface area contributed by atoms with Crippen molar-refractivity contribution in [2.75, 3.05) is 0 Å². The van der Waals surface area contributed by atoms with Crippen LogP contribution in [0.1, 0.15) is 42.0 Å². The molecule has 1 unspecified atom stereocenters. The summed E-state index contributed by atoms with van der Waals surface area (Å²) in [6.45, 7) is 10.6. The van der Waals surface area contributed by atoms with Gasteiger partial charge in [-0.15, -0.1) is 0 Å². The highest BCUT2D eigenvalue weighted by Crippen LogP contribution is 2.40. The summed E-state index contributed by atoms with van der Waals surface area (Å²) >= 11 is 0. The molecule has 3 aromatic rings. The second-order valence-electron chi connectivity index (χ2n) is 6.61. The maximum Gasteiger partial charge on any atom is 0.187 e. The Balaban J connectivity index is 1.98. The molecule has 0 aliphatic carbocycles. The minimum absolute atomic E-state index is 0.0393. The third-order valence-electron chi connectivity index (χ3n) is 4.68. The molecule has 1 atom stereocenters. The SMILES string of the molecule is [C-]#[N+]c1ccc(C2=NC(CC(C)=O)c3onc(C)c3-c3ccccc32)cc1. The van der Waals surface area contributed by atoms with E-state index < -0.39 is 6.04 Å². The molecule has 132 valence electrons. The molecule has 27 heavy (non-hydrogen) atoms. The highest BCUT2D eigenvalue weighted by Gasteiger charge is 2.30. The lowest BCUT2D eigenvalue weighted by atomic mass is 9.93. The molecule has 0 amide bonds. The predicted molar refractivity (Wildman–Crippen MR) is 103 cm³/mol. The van der Waals surface area contributed by atoms with Gasteiger partial charge in [0.1, 0.15) is 11.8 Å². The Morgan fingerprint density at radius 2 is 1.85 bits per heavy atom. The van der Waals surface area contributed by atoms with Crippen LogP contribution in [0.3, 0.4) is 0 Å².